The summed E-state index contributed by atoms with van der Waals surface area (Å²) >= 11 is 0. The molecule has 0 bridgehead atoms. The van der Waals surface area contributed by atoms with Gasteiger partial charge in [0.25, 0.3) is 0 Å². The van der Waals surface area contributed by atoms with Crippen LogP contribution in [-0.2, 0) is 28.6 Å². The van der Waals surface area contributed by atoms with E-state index < -0.39 is 6.10 Å². The van der Waals surface area contributed by atoms with Crippen LogP contribution in [0.5, 0.6) is 0 Å². The van der Waals surface area contributed by atoms with Crippen LogP contribution in [0, 0.1) is 11.8 Å². The standard InChI is InChI=1S/C40H76O6/c1-6-7-8-18-25-30-38(41)44-33-37(46-40(43)32-27-22-17-13-15-20-24-29-36(4)5)34-45-39(42)31-26-21-16-12-10-9-11-14-19-23-28-35(2)3/h35-37H,6-34H2,1-5H3/t37-/m1/s1. The zero-order valence-electron chi connectivity index (χ0n) is 31.2. The van der Waals surface area contributed by atoms with Crippen molar-refractivity contribution in [2.45, 2.75) is 214 Å². The maximum absolute atomic E-state index is 12.6. The van der Waals surface area contributed by atoms with Gasteiger partial charge in [0.15, 0.2) is 6.10 Å². The summed E-state index contributed by atoms with van der Waals surface area (Å²) in [5.74, 6) is 0.714. The fourth-order valence-corrected chi connectivity index (χ4v) is 5.69. The van der Waals surface area contributed by atoms with E-state index in [1.807, 2.05) is 0 Å². The monoisotopic (exact) mass is 653 g/mol. The van der Waals surface area contributed by atoms with E-state index in [1.165, 1.54) is 89.9 Å². The molecule has 0 aromatic heterocycles. The van der Waals surface area contributed by atoms with E-state index in [0.717, 1.165) is 76.0 Å². The Morgan fingerprint density at radius 2 is 0.717 bits per heavy atom. The van der Waals surface area contributed by atoms with Crippen LogP contribution < -0.4 is 0 Å². The van der Waals surface area contributed by atoms with Gasteiger partial charge in [0.05, 0.1) is 0 Å². The molecule has 0 N–H and O–H groups in total. The first kappa shape index (κ1) is 44.4. The quantitative estimate of drug-likeness (QED) is 0.0391. The summed E-state index contributed by atoms with van der Waals surface area (Å²) in [4.78, 5) is 37.2. The van der Waals surface area contributed by atoms with Gasteiger partial charge in [-0.1, -0.05) is 169 Å². The highest BCUT2D eigenvalue weighted by Gasteiger charge is 2.19. The summed E-state index contributed by atoms with van der Waals surface area (Å²) in [6.07, 6.45) is 28.4. The smallest absolute Gasteiger partial charge is 0.306 e. The molecule has 0 aliphatic heterocycles. The third-order valence-electron chi connectivity index (χ3n) is 8.72. The first-order valence-corrected chi connectivity index (χ1v) is 19.7. The van der Waals surface area contributed by atoms with Gasteiger partial charge in [-0.25, -0.2) is 0 Å². The number of hydrogen-bond donors (Lipinski definition) is 0. The van der Waals surface area contributed by atoms with Crippen LogP contribution in [-0.4, -0.2) is 37.2 Å². The molecule has 46 heavy (non-hydrogen) atoms. The lowest BCUT2D eigenvalue weighted by molar-refractivity contribution is -0.167. The zero-order valence-corrected chi connectivity index (χ0v) is 31.2. The minimum absolute atomic E-state index is 0.0676. The lowest BCUT2D eigenvalue weighted by atomic mass is 10.0. The Hall–Kier alpha value is -1.59. The Labute approximate surface area is 285 Å². The number of hydrogen-bond acceptors (Lipinski definition) is 6. The lowest BCUT2D eigenvalue weighted by Crippen LogP contribution is -2.30. The molecule has 0 aliphatic carbocycles. The van der Waals surface area contributed by atoms with Gasteiger partial charge < -0.3 is 14.2 Å². The van der Waals surface area contributed by atoms with Gasteiger partial charge in [0.1, 0.15) is 13.2 Å². The van der Waals surface area contributed by atoms with Crippen LogP contribution >= 0.6 is 0 Å². The van der Waals surface area contributed by atoms with E-state index in [4.69, 9.17) is 14.2 Å². The van der Waals surface area contributed by atoms with Crippen molar-refractivity contribution in [1.29, 1.82) is 0 Å². The average Bonchev–Trinajstić information content (AvgIpc) is 3.01. The van der Waals surface area contributed by atoms with Crippen LogP contribution in [0.2, 0.25) is 0 Å². The molecule has 0 aromatic rings. The molecule has 0 saturated carbocycles. The molecule has 0 spiro atoms. The Bertz CT molecular complexity index is 704. The van der Waals surface area contributed by atoms with Crippen LogP contribution in [0.1, 0.15) is 208 Å². The van der Waals surface area contributed by atoms with E-state index in [-0.39, 0.29) is 31.1 Å². The number of ether oxygens (including phenoxy) is 3. The highest BCUT2D eigenvalue weighted by molar-refractivity contribution is 5.71. The Balaban J connectivity index is 4.25. The van der Waals surface area contributed by atoms with Gasteiger partial charge in [0.2, 0.25) is 0 Å². The molecule has 1 atom stereocenters. The Morgan fingerprint density at radius 1 is 0.413 bits per heavy atom. The SMILES string of the molecule is CCCCCCCC(=O)OC[C@H](COC(=O)CCCCCCCCCCCCC(C)C)OC(=O)CCCCCCCCCC(C)C. The summed E-state index contributed by atoms with van der Waals surface area (Å²) in [5.41, 5.74) is 0. The second kappa shape index (κ2) is 33.3. The van der Waals surface area contributed by atoms with Gasteiger partial charge >= 0.3 is 17.9 Å². The minimum Gasteiger partial charge on any atom is -0.462 e. The van der Waals surface area contributed by atoms with Crippen LogP contribution in [0.15, 0.2) is 0 Å². The van der Waals surface area contributed by atoms with E-state index in [1.54, 1.807) is 0 Å². The Kier molecular flexibility index (Phi) is 32.2. The van der Waals surface area contributed by atoms with Gasteiger partial charge in [-0.05, 0) is 31.1 Å². The zero-order chi connectivity index (χ0) is 34.1. The van der Waals surface area contributed by atoms with Gasteiger partial charge in [-0.2, -0.15) is 0 Å². The van der Waals surface area contributed by atoms with Crippen molar-refractivity contribution in [3.8, 4) is 0 Å². The highest BCUT2D eigenvalue weighted by atomic mass is 16.6. The molecule has 0 aromatic carbocycles. The highest BCUT2D eigenvalue weighted by Crippen LogP contribution is 2.15. The predicted molar refractivity (Wildman–Crippen MR) is 192 cm³/mol. The molecule has 0 amide bonds. The largest absolute Gasteiger partial charge is 0.462 e. The fraction of sp³-hybridized carbons (Fsp3) is 0.925. The molecule has 0 unspecified atom stereocenters. The lowest BCUT2D eigenvalue weighted by Gasteiger charge is -2.18. The molecule has 0 fully saturated rings. The molecule has 272 valence electrons. The van der Waals surface area contributed by atoms with Gasteiger partial charge in [-0.15, -0.1) is 0 Å². The third kappa shape index (κ3) is 33.8. The van der Waals surface area contributed by atoms with Crippen LogP contribution in [0.3, 0.4) is 0 Å². The molecular weight excluding hydrogens is 576 g/mol. The van der Waals surface area contributed by atoms with Crippen LogP contribution in [0.25, 0.3) is 0 Å². The first-order chi connectivity index (χ1) is 22.2. The van der Waals surface area contributed by atoms with E-state index >= 15 is 0 Å². The van der Waals surface area contributed by atoms with Crippen molar-refractivity contribution < 1.29 is 28.6 Å². The molecule has 0 aliphatic rings. The molecule has 0 rings (SSSR count). The maximum Gasteiger partial charge on any atom is 0.306 e. The van der Waals surface area contributed by atoms with Crippen molar-refractivity contribution in [3.05, 3.63) is 0 Å². The second-order valence-electron chi connectivity index (χ2n) is 14.5. The minimum atomic E-state index is -0.758. The molecule has 0 saturated heterocycles. The third-order valence-corrected chi connectivity index (χ3v) is 8.72. The molecule has 6 nitrogen and oxygen atoms in total. The van der Waals surface area contributed by atoms with Gasteiger partial charge in [-0.3, -0.25) is 14.4 Å². The number of unbranched alkanes of at least 4 members (excludes halogenated alkanes) is 19. The summed E-state index contributed by atoms with van der Waals surface area (Å²) in [7, 11) is 0. The molecule has 0 radical (unpaired) electrons. The summed E-state index contributed by atoms with van der Waals surface area (Å²) < 4.78 is 16.5. The van der Waals surface area contributed by atoms with E-state index in [2.05, 4.69) is 34.6 Å². The average molecular weight is 653 g/mol. The second-order valence-corrected chi connectivity index (χ2v) is 14.5. The Morgan fingerprint density at radius 3 is 1.07 bits per heavy atom. The predicted octanol–water partition coefficient (Wildman–Crippen LogP) is 11.8. The summed E-state index contributed by atoms with van der Waals surface area (Å²) in [6.45, 7) is 11.2. The van der Waals surface area contributed by atoms with Gasteiger partial charge in [0, 0.05) is 19.3 Å². The first-order valence-electron chi connectivity index (χ1n) is 19.7. The number of carbonyl (C=O) groups excluding carboxylic acids is 3. The summed E-state index contributed by atoms with van der Waals surface area (Å²) in [6, 6.07) is 0. The van der Waals surface area contributed by atoms with E-state index in [9.17, 15) is 14.4 Å². The van der Waals surface area contributed by atoms with E-state index in [0.29, 0.717) is 19.3 Å². The maximum atomic E-state index is 12.6. The number of carbonyl (C=O) groups is 3. The van der Waals surface area contributed by atoms with Crippen molar-refractivity contribution >= 4 is 17.9 Å². The summed E-state index contributed by atoms with van der Waals surface area (Å²) in [5, 5.41) is 0. The fourth-order valence-electron chi connectivity index (χ4n) is 5.69. The number of rotatable bonds is 34. The molecular formula is C40H76O6. The normalized spacial score (nSPS) is 12.1. The van der Waals surface area contributed by atoms with Crippen molar-refractivity contribution in [2.24, 2.45) is 11.8 Å². The topological polar surface area (TPSA) is 78.9 Å². The van der Waals surface area contributed by atoms with Crippen LogP contribution in [0.4, 0.5) is 0 Å². The van der Waals surface area contributed by atoms with Crippen molar-refractivity contribution in [3.63, 3.8) is 0 Å². The van der Waals surface area contributed by atoms with Crippen molar-refractivity contribution in [2.75, 3.05) is 13.2 Å². The van der Waals surface area contributed by atoms with Crippen molar-refractivity contribution in [1.82, 2.24) is 0 Å². The molecule has 6 heteroatoms. The molecule has 0 heterocycles. The number of esters is 3.